The van der Waals surface area contributed by atoms with Gasteiger partial charge in [-0.15, -0.1) is 0 Å². The van der Waals surface area contributed by atoms with Crippen molar-refractivity contribution >= 4 is 23.7 Å². The average molecular weight is 574 g/mol. The van der Waals surface area contributed by atoms with Crippen LogP contribution >= 0.6 is 0 Å². The van der Waals surface area contributed by atoms with E-state index in [9.17, 15) is 27.6 Å². The van der Waals surface area contributed by atoms with Gasteiger partial charge in [-0.3, -0.25) is 9.80 Å². The van der Waals surface area contributed by atoms with E-state index in [4.69, 9.17) is 4.74 Å². The van der Waals surface area contributed by atoms with Gasteiger partial charge in [0.2, 0.25) is 0 Å². The molecule has 4 amide bonds. The molecule has 1 saturated heterocycles. The fraction of sp³-hybridized carbons (Fsp3) is 0.414. The highest BCUT2D eigenvalue weighted by Crippen LogP contribution is 2.32. The number of carbonyl (C=O) groups excluding carboxylic acids is 3. The molecule has 2 aromatic rings. The maximum atomic E-state index is 13.3. The number of ether oxygens (including phenoxy) is 1. The maximum Gasteiger partial charge on any atom is 0.416 e. The molecular formula is C29H34F3N5O4. The molecule has 0 radical (unpaired) electrons. The lowest BCUT2D eigenvalue weighted by atomic mass is 9.94. The normalized spacial score (nSPS) is 18.6. The van der Waals surface area contributed by atoms with Gasteiger partial charge in [0.1, 0.15) is 0 Å². The minimum Gasteiger partial charge on any atom is -0.463 e. The zero-order valence-electron chi connectivity index (χ0n) is 23.0. The van der Waals surface area contributed by atoms with Gasteiger partial charge in [-0.1, -0.05) is 30.3 Å². The van der Waals surface area contributed by atoms with Gasteiger partial charge < -0.3 is 20.3 Å². The Morgan fingerprint density at radius 1 is 1.00 bits per heavy atom. The molecule has 9 nitrogen and oxygen atoms in total. The second-order valence-electron chi connectivity index (χ2n) is 9.74. The number of esters is 1. The van der Waals surface area contributed by atoms with Crippen molar-refractivity contribution in [2.45, 2.75) is 32.5 Å². The number of benzene rings is 2. The number of rotatable bonds is 7. The molecule has 0 bridgehead atoms. The van der Waals surface area contributed by atoms with Crippen LogP contribution in [0.3, 0.4) is 0 Å². The molecule has 0 spiro atoms. The molecule has 2 aliphatic rings. The number of urea groups is 2. The van der Waals surface area contributed by atoms with E-state index < -0.39 is 29.8 Å². The van der Waals surface area contributed by atoms with Crippen LogP contribution in [0.1, 0.15) is 37.4 Å². The highest BCUT2D eigenvalue weighted by atomic mass is 19.4. The Balaban J connectivity index is 1.51. The number of halogens is 3. The molecule has 12 heteroatoms. The van der Waals surface area contributed by atoms with E-state index in [0.717, 1.165) is 17.7 Å². The number of nitrogens with zero attached hydrogens (tertiary/aromatic N) is 3. The lowest BCUT2D eigenvalue weighted by Gasteiger charge is -2.38. The Kier molecular flexibility index (Phi) is 9.53. The van der Waals surface area contributed by atoms with Gasteiger partial charge in [-0.05, 0) is 50.1 Å². The summed E-state index contributed by atoms with van der Waals surface area (Å²) in [7, 11) is 0. The van der Waals surface area contributed by atoms with Crippen molar-refractivity contribution in [1.29, 1.82) is 0 Å². The van der Waals surface area contributed by atoms with Crippen molar-refractivity contribution in [2.75, 3.05) is 51.2 Å². The minimum atomic E-state index is -4.45. The molecule has 0 aliphatic carbocycles. The van der Waals surface area contributed by atoms with E-state index >= 15 is 0 Å². The quantitative estimate of drug-likeness (QED) is 0.462. The van der Waals surface area contributed by atoms with Gasteiger partial charge in [-0.2, -0.15) is 13.2 Å². The van der Waals surface area contributed by atoms with Crippen molar-refractivity contribution in [3.05, 3.63) is 77.0 Å². The standard InChI is InChI=1S/C29H34F3N5O4/c1-3-37-23(24(26(38)41-4-2)25(34-28(37)40)20-9-6-5-7-10-20)19-35-15-8-16-36(18-17-35)27(39)33-22-13-11-21(12-14-22)29(30,31)32/h5-7,9-14,25H,3-4,8,15-19H2,1-2H3,(H,33,39)(H,34,40)/t25-/m1/s1. The smallest absolute Gasteiger partial charge is 0.416 e. The third-order valence-corrected chi connectivity index (χ3v) is 7.10. The minimum absolute atomic E-state index is 0.184. The second-order valence-corrected chi connectivity index (χ2v) is 9.74. The number of hydrogen-bond acceptors (Lipinski definition) is 5. The summed E-state index contributed by atoms with van der Waals surface area (Å²) < 4.78 is 44.0. The van der Waals surface area contributed by atoms with Crippen LogP contribution in [0.4, 0.5) is 28.4 Å². The molecule has 220 valence electrons. The van der Waals surface area contributed by atoms with Crippen LogP contribution in [0.25, 0.3) is 0 Å². The third kappa shape index (κ3) is 7.18. The Hall–Kier alpha value is -4.06. The number of nitrogens with one attached hydrogen (secondary N) is 2. The zero-order valence-corrected chi connectivity index (χ0v) is 23.0. The van der Waals surface area contributed by atoms with E-state index in [1.165, 1.54) is 12.1 Å². The third-order valence-electron chi connectivity index (χ3n) is 7.10. The Bertz CT molecular complexity index is 1270. The van der Waals surface area contributed by atoms with Crippen LogP contribution in [0, 0.1) is 0 Å². The van der Waals surface area contributed by atoms with E-state index in [0.29, 0.717) is 57.0 Å². The van der Waals surface area contributed by atoms with Crippen molar-refractivity contribution in [3.63, 3.8) is 0 Å². The van der Waals surface area contributed by atoms with E-state index in [-0.39, 0.29) is 18.3 Å². The van der Waals surface area contributed by atoms with Crippen molar-refractivity contribution in [1.82, 2.24) is 20.0 Å². The molecule has 2 N–H and O–H groups in total. The topological polar surface area (TPSA) is 94.2 Å². The largest absolute Gasteiger partial charge is 0.463 e. The molecule has 2 aliphatic heterocycles. The predicted molar refractivity (Wildman–Crippen MR) is 147 cm³/mol. The SMILES string of the molecule is CCOC(=O)C1=C(CN2CCCN(C(=O)Nc3ccc(C(F)(F)F)cc3)CC2)N(CC)C(=O)N[C@@H]1c1ccccc1. The van der Waals surface area contributed by atoms with Crippen LogP contribution in [-0.4, -0.2) is 78.6 Å². The van der Waals surface area contributed by atoms with Crippen LogP contribution < -0.4 is 10.6 Å². The molecular weight excluding hydrogens is 539 g/mol. The fourth-order valence-corrected chi connectivity index (χ4v) is 5.04. The molecule has 2 heterocycles. The maximum absolute atomic E-state index is 13.3. The van der Waals surface area contributed by atoms with E-state index in [2.05, 4.69) is 15.5 Å². The Morgan fingerprint density at radius 2 is 1.71 bits per heavy atom. The molecule has 0 aromatic heterocycles. The Labute approximate surface area is 236 Å². The molecule has 4 rings (SSSR count). The summed E-state index contributed by atoms with van der Waals surface area (Å²) in [5, 5.41) is 5.61. The average Bonchev–Trinajstić information content (AvgIpc) is 3.19. The van der Waals surface area contributed by atoms with Crippen LogP contribution in [0.2, 0.25) is 0 Å². The highest BCUT2D eigenvalue weighted by Gasteiger charge is 2.38. The van der Waals surface area contributed by atoms with E-state index in [1.807, 2.05) is 37.3 Å². The first-order valence-corrected chi connectivity index (χ1v) is 13.6. The lowest BCUT2D eigenvalue weighted by Crippen LogP contribution is -2.51. The monoisotopic (exact) mass is 573 g/mol. The lowest BCUT2D eigenvalue weighted by molar-refractivity contribution is -0.139. The number of hydrogen-bond donors (Lipinski definition) is 2. The summed E-state index contributed by atoms with van der Waals surface area (Å²) in [6.07, 6.45) is -3.82. The fourth-order valence-electron chi connectivity index (χ4n) is 5.04. The number of alkyl halides is 3. The highest BCUT2D eigenvalue weighted by molar-refractivity contribution is 5.95. The van der Waals surface area contributed by atoms with E-state index in [1.54, 1.807) is 16.7 Å². The van der Waals surface area contributed by atoms with Gasteiger partial charge in [0.05, 0.1) is 23.8 Å². The molecule has 2 aromatic carbocycles. The number of carbonyl (C=O) groups is 3. The summed E-state index contributed by atoms with van der Waals surface area (Å²) >= 11 is 0. The predicted octanol–water partition coefficient (Wildman–Crippen LogP) is 4.85. The van der Waals surface area contributed by atoms with Crippen molar-refractivity contribution in [3.8, 4) is 0 Å². The van der Waals surface area contributed by atoms with Crippen LogP contribution in [0.5, 0.6) is 0 Å². The molecule has 0 saturated carbocycles. The summed E-state index contributed by atoms with van der Waals surface area (Å²) in [5.41, 5.74) is 1.18. The molecule has 1 atom stereocenters. The van der Waals surface area contributed by atoms with Gasteiger partial charge in [0.15, 0.2) is 0 Å². The van der Waals surface area contributed by atoms with Crippen LogP contribution in [0.15, 0.2) is 65.9 Å². The summed E-state index contributed by atoms with van der Waals surface area (Å²) in [4.78, 5) is 44.5. The summed E-state index contributed by atoms with van der Waals surface area (Å²) in [6.45, 7) is 6.27. The van der Waals surface area contributed by atoms with Gasteiger partial charge in [-0.25, -0.2) is 14.4 Å². The molecule has 0 unspecified atom stereocenters. The van der Waals surface area contributed by atoms with Crippen molar-refractivity contribution in [2.24, 2.45) is 0 Å². The van der Waals surface area contributed by atoms with Crippen LogP contribution in [-0.2, 0) is 15.7 Å². The van der Waals surface area contributed by atoms with Gasteiger partial charge in [0.25, 0.3) is 0 Å². The number of anilines is 1. The zero-order chi connectivity index (χ0) is 29.6. The first-order valence-electron chi connectivity index (χ1n) is 13.6. The summed E-state index contributed by atoms with van der Waals surface area (Å²) in [5.74, 6) is -0.498. The van der Waals surface area contributed by atoms with Crippen molar-refractivity contribution < 1.29 is 32.3 Å². The first kappa shape index (κ1) is 29.9. The second kappa shape index (κ2) is 13.1. The first-order chi connectivity index (χ1) is 19.6. The number of likely N-dealkylation sites (N-methyl/N-ethyl adjacent to an activating group) is 1. The molecule has 41 heavy (non-hydrogen) atoms. The number of amides is 4. The van der Waals surface area contributed by atoms with Gasteiger partial charge in [0, 0.05) is 50.7 Å². The molecule has 1 fully saturated rings. The Morgan fingerprint density at radius 3 is 2.34 bits per heavy atom. The van der Waals surface area contributed by atoms with Gasteiger partial charge >= 0.3 is 24.2 Å². The summed E-state index contributed by atoms with van der Waals surface area (Å²) in [6, 6.07) is 12.2.